The van der Waals surface area contributed by atoms with Gasteiger partial charge in [-0.15, -0.1) is 11.8 Å². The van der Waals surface area contributed by atoms with Crippen molar-refractivity contribution in [2.24, 2.45) is 0 Å². The zero-order valence-electron chi connectivity index (χ0n) is 9.82. The highest BCUT2D eigenvalue weighted by molar-refractivity contribution is 7.99. The van der Waals surface area contributed by atoms with Crippen LogP contribution in [-0.4, -0.2) is 27.3 Å². The highest BCUT2D eigenvalue weighted by Gasteiger charge is 2.12. The fraction of sp³-hybridized carbons (Fsp3) is 0.636. The fourth-order valence-corrected chi connectivity index (χ4v) is 1.87. The lowest BCUT2D eigenvalue weighted by molar-refractivity contribution is 0.429. The van der Waals surface area contributed by atoms with Gasteiger partial charge in [-0.25, -0.2) is 4.98 Å². The van der Waals surface area contributed by atoms with E-state index in [1.807, 2.05) is 0 Å². The summed E-state index contributed by atoms with van der Waals surface area (Å²) in [6.07, 6.45) is 5.23. The van der Waals surface area contributed by atoms with E-state index in [1.165, 1.54) is 0 Å². The molecule has 0 aliphatic rings. The van der Waals surface area contributed by atoms with E-state index in [1.54, 1.807) is 30.4 Å². The molecule has 0 aliphatic heterocycles. The number of thioether (sulfide) groups is 1. The van der Waals surface area contributed by atoms with Gasteiger partial charge in [-0.3, -0.25) is 4.98 Å². The van der Waals surface area contributed by atoms with Gasteiger partial charge in [0.1, 0.15) is 5.03 Å². The van der Waals surface area contributed by atoms with Crippen molar-refractivity contribution in [2.45, 2.75) is 43.5 Å². The van der Waals surface area contributed by atoms with Gasteiger partial charge in [0.05, 0.1) is 6.20 Å². The summed E-state index contributed by atoms with van der Waals surface area (Å²) in [5.74, 6) is 0. The summed E-state index contributed by atoms with van der Waals surface area (Å²) < 4.78 is 0. The number of hydrogen-bond acceptors (Lipinski definition) is 4. The summed E-state index contributed by atoms with van der Waals surface area (Å²) in [6, 6.07) is 0. The van der Waals surface area contributed by atoms with Crippen molar-refractivity contribution in [1.82, 2.24) is 15.3 Å². The second kappa shape index (κ2) is 5.47. The van der Waals surface area contributed by atoms with Crippen molar-refractivity contribution in [3.63, 3.8) is 0 Å². The molecule has 1 aromatic heterocycles. The average molecular weight is 225 g/mol. The Kier molecular flexibility index (Phi) is 4.54. The van der Waals surface area contributed by atoms with Gasteiger partial charge >= 0.3 is 0 Å². The van der Waals surface area contributed by atoms with Gasteiger partial charge in [0.2, 0.25) is 0 Å². The third-order valence-corrected chi connectivity index (χ3v) is 2.80. The van der Waals surface area contributed by atoms with Gasteiger partial charge in [0, 0.05) is 29.7 Å². The molecule has 84 valence electrons. The van der Waals surface area contributed by atoms with Crippen LogP contribution in [0.3, 0.4) is 0 Å². The van der Waals surface area contributed by atoms with Gasteiger partial charge in [-0.2, -0.15) is 0 Å². The lowest BCUT2D eigenvalue weighted by atomic mass is 10.1. The van der Waals surface area contributed by atoms with Crippen LogP contribution in [0.1, 0.15) is 27.7 Å². The zero-order valence-corrected chi connectivity index (χ0v) is 10.6. The largest absolute Gasteiger partial charge is 0.311 e. The minimum Gasteiger partial charge on any atom is -0.311 e. The monoisotopic (exact) mass is 225 g/mol. The van der Waals surface area contributed by atoms with Crippen molar-refractivity contribution >= 4 is 11.8 Å². The summed E-state index contributed by atoms with van der Waals surface area (Å²) in [5, 5.41) is 4.96. The molecule has 0 fully saturated rings. The Morgan fingerprint density at radius 3 is 2.67 bits per heavy atom. The van der Waals surface area contributed by atoms with E-state index >= 15 is 0 Å². The smallest absolute Gasteiger partial charge is 0.115 e. The molecule has 4 heteroatoms. The number of aromatic nitrogens is 2. The van der Waals surface area contributed by atoms with Gasteiger partial charge in [-0.1, -0.05) is 6.92 Å². The molecule has 15 heavy (non-hydrogen) atoms. The second-order valence-electron chi connectivity index (χ2n) is 4.60. The third kappa shape index (κ3) is 5.74. The Morgan fingerprint density at radius 2 is 2.13 bits per heavy atom. The first kappa shape index (κ1) is 12.5. The number of rotatable bonds is 4. The Morgan fingerprint density at radius 1 is 1.40 bits per heavy atom. The summed E-state index contributed by atoms with van der Waals surface area (Å²) >= 11 is 1.75. The van der Waals surface area contributed by atoms with Crippen LogP contribution < -0.4 is 5.32 Å². The van der Waals surface area contributed by atoms with Crippen molar-refractivity contribution in [3.05, 3.63) is 18.6 Å². The summed E-state index contributed by atoms with van der Waals surface area (Å²) in [5.41, 5.74) is 0.178. The van der Waals surface area contributed by atoms with Crippen molar-refractivity contribution in [3.8, 4) is 0 Å². The van der Waals surface area contributed by atoms with Crippen molar-refractivity contribution in [2.75, 3.05) is 6.54 Å². The predicted molar refractivity (Wildman–Crippen MR) is 65.1 cm³/mol. The molecule has 0 aromatic carbocycles. The molecule has 0 spiro atoms. The molecule has 0 amide bonds. The maximum absolute atomic E-state index is 4.24. The first-order valence-electron chi connectivity index (χ1n) is 5.15. The van der Waals surface area contributed by atoms with Gasteiger partial charge in [-0.05, 0) is 20.8 Å². The molecular formula is C11H19N3S. The highest BCUT2D eigenvalue weighted by atomic mass is 32.2. The summed E-state index contributed by atoms with van der Waals surface area (Å²) in [6.45, 7) is 9.69. The Balaban J connectivity index is 2.34. The van der Waals surface area contributed by atoms with E-state index in [4.69, 9.17) is 0 Å². The summed E-state index contributed by atoms with van der Waals surface area (Å²) in [4.78, 5) is 8.28. The van der Waals surface area contributed by atoms with Gasteiger partial charge in [0.15, 0.2) is 0 Å². The average Bonchev–Trinajstić information content (AvgIpc) is 2.15. The molecule has 0 bridgehead atoms. The first-order valence-corrected chi connectivity index (χ1v) is 6.03. The molecule has 1 aromatic rings. The molecule has 1 atom stereocenters. The fourth-order valence-electron chi connectivity index (χ4n) is 1.04. The topological polar surface area (TPSA) is 37.8 Å². The lowest BCUT2D eigenvalue weighted by Crippen LogP contribution is -2.39. The van der Waals surface area contributed by atoms with E-state index in [-0.39, 0.29) is 5.54 Å². The zero-order chi connectivity index (χ0) is 11.3. The van der Waals surface area contributed by atoms with Crippen LogP contribution in [0.25, 0.3) is 0 Å². The standard InChI is InChI=1S/C11H19N3S/c1-9(7-14-11(2,3)4)15-10-8-12-5-6-13-10/h5-6,8-9,14H,7H2,1-4H3. The van der Waals surface area contributed by atoms with Gasteiger partial charge < -0.3 is 5.32 Å². The van der Waals surface area contributed by atoms with E-state index in [9.17, 15) is 0 Å². The predicted octanol–water partition coefficient (Wildman–Crippen LogP) is 2.35. The molecule has 0 saturated heterocycles. The molecule has 0 radical (unpaired) electrons. The van der Waals surface area contributed by atoms with E-state index in [0.717, 1.165) is 11.6 Å². The molecule has 1 rings (SSSR count). The van der Waals surface area contributed by atoms with Crippen molar-refractivity contribution in [1.29, 1.82) is 0 Å². The Labute approximate surface area is 96.1 Å². The first-order chi connectivity index (χ1) is 6.97. The van der Waals surface area contributed by atoms with E-state index in [2.05, 4.69) is 43.0 Å². The van der Waals surface area contributed by atoms with Crippen molar-refractivity contribution < 1.29 is 0 Å². The van der Waals surface area contributed by atoms with Crippen LogP contribution in [0.4, 0.5) is 0 Å². The molecule has 1 unspecified atom stereocenters. The van der Waals surface area contributed by atoms with Gasteiger partial charge in [0.25, 0.3) is 0 Å². The van der Waals surface area contributed by atoms with Crippen LogP contribution in [0.5, 0.6) is 0 Å². The van der Waals surface area contributed by atoms with Crippen LogP contribution in [0, 0.1) is 0 Å². The number of hydrogen-bond donors (Lipinski definition) is 1. The maximum Gasteiger partial charge on any atom is 0.115 e. The lowest BCUT2D eigenvalue weighted by Gasteiger charge is -2.22. The molecular weight excluding hydrogens is 206 g/mol. The highest BCUT2D eigenvalue weighted by Crippen LogP contribution is 2.19. The molecule has 1 N–H and O–H groups in total. The third-order valence-electron chi connectivity index (χ3n) is 1.78. The normalized spacial score (nSPS) is 13.9. The minimum atomic E-state index is 0.178. The Hall–Kier alpha value is -0.610. The molecule has 0 saturated carbocycles. The van der Waals surface area contributed by atoms with E-state index < -0.39 is 0 Å². The van der Waals surface area contributed by atoms with E-state index in [0.29, 0.717) is 5.25 Å². The molecule has 1 heterocycles. The van der Waals surface area contributed by atoms with Crippen LogP contribution in [0.2, 0.25) is 0 Å². The maximum atomic E-state index is 4.24. The number of nitrogens with one attached hydrogen (secondary N) is 1. The molecule has 3 nitrogen and oxygen atoms in total. The second-order valence-corrected chi connectivity index (χ2v) is 6.06. The quantitative estimate of drug-likeness (QED) is 0.798. The van der Waals surface area contributed by atoms with Crippen LogP contribution >= 0.6 is 11.8 Å². The van der Waals surface area contributed by atoms with Crippen LogP contribution in [0.15, 0.2) is 23.6 Å². The Bertz CT molecular complexity index is 282. The SMILES string of the molecule is CC(CNC(C)(C)C)Sc1cnccn1. The summed E-state index contributed by atoms with van der Waals surface area (Å²) in [7, 11) is 0. The minimum absolute atomic E-state index is 0.178. The molecule has 0 aliphatic carbocycles. The van der Waals surface area contributed by atoms with Crippen LogP contribution in [-0.2, 0) is 0 Å². The number of nitrogens with zero attached hydrogens (tertiary/aromatic N) is 2.